The van der Waals surface area contributed by atoms with Crippen molar-refractivity contribution in [2.24, 2.45) is 0 Å². The predicted molar refractivity (Wildman–Crippen MR) is 106 cm³/mol. The van der Waals surface area contributed by atoms with Gasteiger partial charge in [-0.25, -0.2) is 4.98 Å². The van der Waals surface area contributed by atoms with Crippen molar-refractivity contribution in [1.82, 2.24) is 15.0 Å². The predicted octanol–water partition coefficient (Wildman–Crippen LogP) is 3.51. The summed E-state index contributed by atoms with van der Waals surface area (Å²) in [6.07, 6.45) is 0.668. The second-order valence-electron chi connectivity index (χ2n) is 7.02. The number of hydrogen-bond acceptors (Lipinski definition) is 6. The van der Waals surface area contributed by atoms with Crippen LogP contribution in [0, 0.1) is 20.8 Å². The number of amides is 2. The van der Waals surface area contributed by atoms with Crippen molar-refractivity contribution >= 4 is 28.3 Å². The maximum Gasteiger partial charge on any atom is 0.279 e. The van der Waals surface area contributed by atoms with Crippen LogP contribution in [0.2, 0.25) is 0 Å². The van der Waals surface area contributed by atoms with Crippen LogP contribution < -0.4 is 5.32 Å². The Morgan fingerprint density at radius 2 is 1.89 bits per heavy atom. The molecule has 0 atom stereocenters. The summed E-state index contributed by atoms with van der Waals surface area (Å²) in [5.74, 6) is 0.241. The molecule has 0 unspecified atom stereocenters. The molecule has 1 aliphatic heterocycles. The maximum atomic E-state index is 12.9. The minimum Gasteiger partial charge on any atom is -0.361 e. The number of nitrogens with zero attached hydrogens (tertiary/aromatic N) is 3. The highest BCUT2D eigenvalue weighted by atomic mass is 32.1. The first-order chi connectivity index (χ1) is 13.4. The molecule has 4 rings (SSSR count). The summed E-state index contributed by atoms with van der Waals surface area (Å²) < 4.78 is 4.93. The molecular formula is C20H20N4O3S. The Kier molecular flexibility index (Phi) is 4.72. The zero-order valence-electron chi connectivity index (χ0n) is 15.9. The van der Waals surface area contributed by atoms with Crippen LogP contribution in [0.25, 0.3) is 0 Å². The molecule has 1 aliphatic rings. The Balaban J connectivity index is 1.48. The fourth-order valence-corrected chi connectivity index (χ4v) is 4.36. The molecule has 0 fully saturated rings. The van der Waals surface area contributed by atoms with Crippen molar-refractivity contribution in [3.63, 3.8) is 0 Å². The van der Waals surface area contributed by atoms with Crippen LogP contribution in [0.4, 0.5) is 5.13 Å². The molecule has 0 aliphatic carbocycles. The molecule has 0 spiro atoms. The van der Waals surface area contributed by atoms with E-state index in [1.807, 2.05) is 30.9 Å². The maximum absolute atomic E-state index is 12.9. The average molecular weight is 396 g/mol. The van der Waals surface area contributed by atoms with Crippen molar-refractivity contribution in [1.29, 1.82) is 0 Å². The Morgan fingerprint density at radius 3 is 2.57 bits per heavy atom. The third-order valence-electron chi connectivity index (χ3n) is 4.57. The van der Waals surface area contributed by atoms with E-state index in [9.17, 15) is 9.59 Å². The summed E-state index contributed by atoms with van der Waals surface area (Å²) in [4.78, 5) is 32.5. The van der Waals surface area contributed by atoms with Crippen LogP contribution in [0.5, 0.6) is 0 Å². The molecule has 2 amide bonds. The lowest BCUT2D eigenvalue weighted by atomic mass is 10.1. The first-order valence-corrected chi connectivity index (χ1v) is 9.81. The number of carbonyl (C=O) groups is 2. The lowest BCUT2D eigenvalue weighted by Gasteiger charge is -2.26. The van der Waals surface area contributed by atoms with Gasteiger partial charge in [-0.1, -0.05) is 33.7 Å². The number of thiazole rings is 1. The summed E-state index contributed by atoms with van der Waals surface area (Å²) in [6.45, 7) is 6.82. The van der Waals surface area contributed by atoms with Crippen molar-refractivity contribution in [3.8, 4) is 0 Å². The number of anilines is 1. The zero-order chi connectivity index (χ0) is 19.8. The van der Waals surface area contributed by atoms with E-state index in [4.69, 9.17) is 4.52 Å². The Labute approximate surface area is 166 Å². The second kappa shape index (κ2) is 7.20. The van der Waals surface area contributed by atoms with Gasteiger partial charge in [-0.3, -0.25) is 14.9 Å². The first kappa shape index (κ1) is 18.4. The van der Waals surface area contributed by atoms with Gasteiger partial charge in [-0.2, -0.15) is 0 Å². The molecule has 7 nitrogen and oxygen atoms in total. The summed E-state index contributed by atoms with van der Waals surface area (Å²) in [7, 11) is 0. The van der Waals surface area contributed by atoms with Gasteiger partial charge in [0.15, 0.2) is 10.8 Å². The summed E-state index contributed by atoms with van der Waals surface area (Å²) in [5, 5.41) is 6.99. The number of hydrogen-bond donors (Lipinski definition) is 1. The Morgan fingerprint density at radius 1 is 1.14 bits per heavy atom. The quantitative estimate of drug-likeness (QED) is 0.732. The van der Waals surface area contributed by atoms with Crippen LogP contribution in [-0.4, -0.2) is 33.4 Å². The van der Waals surface area contributed by atoms with Gasteiger partial charge in [0.05, 0.1) is 12.2 Å². The van der Waals surface area contributed by atoms with Crippen molar-refractivity contribution in [3.05, 3.63) is 63.0 Å². The van der Waals surface area contributed by atoms with E-state index in [-0.39, 0.29) is 17.5 Å². The molecule has 144 valence electrons. The number of benzene rings is 1. The molecule has 1 aromatic carbocycles. The fraction of sp³-hybridized carbons (Fsp3) is 0.300. The highest BCUT2D eigenvalue weighted by Gasteiger charge is 2.26. The molecule has 28 heavy (non-hydrogen) atoms. The lowest BCUT2D eigenvalue weighted by molar-refractivity contribution is 0.0736. The van der Waals surface area contributed by atoms with E-state index in [1.54, 1.807) is 13.0 Å². The van der Waals surface area contributed by atoms with Crippen molar-refractivity contribution in [2.75, 3.05) is 11.9 Å². The van der Waals surface area contributed by atoms with Crippen molar-refractivity contribution in [2.45, 2.75) is 33.7 Å². The van der Waals surface area contributed by atoms with E-state index < -0.39 is 0 Å². The van der Waals surface area contributed by atoms with Crippen LogP contribution in [0.3, 0.4) is 0 Å². The van der Waals surface area contributed by atoms with Gasteiger partial charge in [0.1, 0.15) is 5.76 Å². The molecular weight excluding hydrogens is 376 g/mol. The van der Waals surface area contributed by atoms with Gasteiger partial charge in [0.2, 0.25) is 0 Å². The minimum absolute atomic E-state index is 0.0227. The summed E-state index contributed by atoms with van der Waals surface area (Å²) >= 11 is 1.39. The summed E-state index contributed by atoms with van der Waals surface area (Å²) in [5.41, 5.74) is 4.01. The highest BCUT2D eigenvalue weighted by Crippen LogP contribution is 2.29. The molecule has 2 aromatic heterocycles. The first-order valence-electron chi connectivity index (χ1n) is 9.00. The standard InChI is InChI=1S/C20H20N4O3S/c1-11-6-12(2)8-14(7-11)19(26)24-5-4-15-17(10-24)28-20(21-15)22-18(25)16-9-13(3)27-23-16/h6-9H,4-5,10H2,1-3H3,(H,21,22,25). The number of rotatable bonds is 3. The average Bonchev–Trinajstić information content (AvgIpc) is 3.25. The van der Waals surface area contributed by atoms with Crippen molar-refractivity contribution < 1.29 is 14.1 Å². The van der Waals surface area contributed by atoms with Crippen LogP contribution in [0.1, 0.15) is 48.3 Å². The SMILES string of the molecule is Cc1cc(C)cc(C(=O)N2CCc3nc(NC(=O)c4cc(C)on4)sc3C2)c1. The van der Waals surface area contributed by atoms with Gasteiger partial charge >= 0.3 is 0 Å². The van der Waals surface area contributed by atoms with E-state index in [1.165, 1.54) is 11.3 Å². The Bertz CT molecular complexity index is 1050. The smallest absolute Gasteiger partial charge is 0.279 e. The fourth-order valence-electron chi connectivity index (χ4n) is 3.34. The number of nitrogens with one attached hydrogen (secondary N) is 1. The van der Waals surface area contributed by atoms with Crippen LogP contribution >= 0.6 is 11.3 Å². The highest BCUT2D eigenvalue weighted by molar-refractivity contribution is 7.15. The third kappa shape index (κ3) is 3.68. The number of aromatic nitrogens is 2. The number of fused-ring (bicyclic) bond motifs is 1. The normalized spacial score (nSPS) is 13.3. The minimum atomic E-state index is -0.355. The molecule has 8 heteroatoms. The number of aryl methyl sites for hydroxylation is 3. The van der Waals surface area contributed by atoms with Gasteiger partial charge in [-0.05, 0) is 32.9 Å². The van der Waals surface area contributed by atoms with E-state index in [2.05, 4.69) is 21.5 Å². The third-order valence-corrected chi connectivity index (χ3v) is 5.57. The molecule has 0 bridgehead atoms. The molecule has 0 radical (unpaired) electrons. The summed E-state index contributed by atoms with van der Waals surface area (Å²) in [6, 6.07) is 7.47. The van der Waals surface area contributed by atoms with Gasteiger partial charge in [0, 0.05) is 29.5 Å². The van der Waals surface area contributed by atoms with Gasteiger partial charge in [-0.15, -0.1) is 0 Å². The van der Waals surface area contributed by atoms with E-state index >= 15 is 0 Å². The molecule has 3 heterocycles. The second-order valence-corrected chi connectivity index (χ2v) is 8.10. The van der Waals surface area contributed by atoms with Gasteiger partial charge < -0.3 is 9.42 Å². The molecule has 0 saturated heterocycles. The lowest BCUT2D eigenvalue weighted by Crippen LogP contribution is -2.35. The molecule has 3 aromatic rings. The van der Waals surface area contributed by atoms with Crippen LogP contribution in [0.15, 0.2) is 28.8 Å². The zero-order valence-corrected chi connectivity index (χ0v) is 16.7. The Hall–Kier alpha value is -3.00. The molecule has 0 saturated carbocycles. The molecule has 1 N–H and O–H groups in total. The number of carbonyl (C=O) groups excluding carboxylic acids is 2. The van der Waals surface area contributed by atoms with E-state index in [0.717, 1.165) is 21.7 Å². The van der Waals surface area contributed by atoms with Gasteiger partial charge in [0.25, 0.3) is 11.8 Å². The van der Waals surface area contributed by atoms with Crippen LogP contribution in [-0.2, 0) is 13.0 Å². The topological polar surface area (TPSA) is 88.3 Å². The largest absolute Gasteiger partial charge is 0.361 e. The monoisotopic (exact) mass is 396 g/mol. The van der Waals surface area contributed by atoms with E-state index in [0.29, 0.717) is 36.0 Å².